The Kier molecular flexibility index (Phi) is 6.79. The molecule has 2 rings (SSSR count). The van der Waals surface area contributed by atoms with Crippen LogP contribution in [0.4, 0.5) is 0 Å². The van der Waals surface area contributed by atoms with Gasteiger partial charge >= 0.3 is 0 Å². The van der Waals surface area contributed by atoms with Crippen LogP contribution in [-0.2, 0) is 16.0 Å². The maximum Gasteiger partial charge on any atom is 0.239 e. The van der Waals surface area contributed by atoms with Gasteiger partial charge in [-0.25, -0.2) is 0 Å². The van der Waals surface area contributed by atoms with Gasteiger partial charge < -0.3 is 16.4 Å². The van der Waals surface area contributed by atoms with Crippen LogP contribution < -0.4 is 16.4 Å². The highest BCUT2D eigenvalue weighted by molar-refractivity contribution is 5.87. The lowest BCUT2D eigenvalue weighted by Crippen LogP contribution is -2.49. The first-order valence-electron chi connectivity index (χ1n) is 8.84. The van der Waals surface area contributed by atoms with Crippen molar-refractivity contribution in [1.82, 2.24) is 10.6 Å². The summed E-state index contributed by atoms with van der Waals surface area (Å²) in [6.45, 7) is 3.77. The van der Waals surface area contributed by atoms with Crippen molar-refractivity contribution < 1.29 is 9.59 Å². The number of rotatable bonds is 7. The quantitative estimate of drug-likeness (QED) is 0.710. The SMILES string of the molecule is CC(C)[C@H](N)C(=O)NCC(=O)NC1CCCC1Cc1ccccc1. The fourth-order valence-electron chi connectivity index (χ4n) is 3.23. The molecule has 1 aromatic carbocycles. The minimum atomic E-state index is -0.574. The second-order valence-electron chi connectivity index (χ2n) is 7.04. The van der Waals surface area contributed by atoms with Crippen LogP contribution in [0.1, 0.15) is 38.7 Å². The molecule has 5 heteroatoms. The topological polar surface area (TPSA) is 84.2 Å². The standard InChI is InChI=1S/C19H29N3O2/c1-13(2)18(20)19(24)21-12-17(23)22-16-10-6-9-15(16)11-14-7-4-3-5-8-14/h3-5,7-8,13,15-16,18H,6,9-12,20H2,1-2H3,(H,21,24)(H,22,23)/t15?,16?,18-/m0/s1. The molecule has 0 saturated heterocycles. The average Bonchev–Trinajstić information content (AvgIpc) is 2.99. The van der Waals surface area contributed by atoms with Crippen molar-refractivity contribution in [3.63, 3.8) is 0 Å². The van der Waals surface area contributed by atoms with E-state index in [1.165, 1.54) is 5.56 Å². The van der Waals surface area contributed by atoms with Gasteiger partial charge in [-0.2, -0.15) is 0 Å². The molecule has 0 bridgehead atoms. The maximum atomic E-state index is 12.1. The molecule has 1 aromatic rings. The van der Waals surface area contributed by atoms with Crippen LogP contribution in [0.5, 0.6) is 0 Å². The minimum absolute atomic E-state index is 0.00614. The van der Waals surface area contributed by atoms with Crippen molar-refractivity contribution in [3.8, 4) is 0 Å². The molecular weight excluding hydrogens is 302 g/mol. The third-order valence-corrected chi connectivity index (χ3v) is 4.79. The summed E-state index contributed by atoms with van der Waals surface area (Å²) in [5.74, 6) is 0.111. The lowest BCUT2D eigenvalue weighted by Gasteiger charge is -2.22. The molecule has 0 spiro atoms. The molecule has 0 aliphatic heterocycles. The normalized spacial score (nSPS) is 21.5. The van der Waals surface area contributed by atoms with Crippen LogP contribution in [0.15, 0.2) is 30.3 Å². The summed E-state index contributed by atoms with van der Waals surface area (Å²) in [5, 5.41) is 5.70. The first-order chi connectivity index (χ1) is 11.5. The lowest BCUT2D eigenvalue weighted by molar-refractivity contribution is -0.127. The van der Waals surface area contributed by atoms with Gasteiger partial charge in [-0.3, -0.25) is 9.59 Å². The molecule has 4 N–H and O–H groups in total. The third-order valence-electron chi connectivity index (χ3n) is 4.79. The van der Waals surface area contributed by atoms with Crippen LogP contribution in [0, 0.1) is 11.8 Å². The molecule has 0 radical (unpaired) electrons. The zero-order valence-corrected chi connectivity index (χ0v) is 14.6. The number of carbonyl (C=O) groups is 2. The molecule has 1 aliphatic carbocycles. The number of nitrogens with one attached hydrogen (secondary N) is 2. The fourth-order valence-corrected chi connectivity index (χ4v) is 3.23. The first kappa shape index (κ1) is 18.5. The Labute approximate surface area is 144 Å². The second-order valence-corrected chi connectivity index (χ2v) is 7.04. The smallest absolute Gasteiger partial charge is 0.239 e. The maximum absolute atomic E-state index is 12.1. The molecule has 5 nitrogen and oxygen atoms in total. The summed E-state index contributed by atoms with van der Waals surface area (Å²) in [5.41, 5.74) is 7.08. The summed E-state index contributed by atoms with van der Waals surface area (Å²) in [7, 11) is 0. The van der Waals surface area contributed by atoms with E-state index >= 15 is 0 Å². The van der Waals surface area contributed by atoms with Gasteiger partial charge in [0.05, 0.1) is 12.6 Å². The van der Waals surface area contributed by atoms with Crippen molar-refractivity contribution in [3.05, 3.63) is 35.9 Å². The van der Waals surface area contributed by atoms with Gasteiger partial charge in [-0.05, 0) is 36.7 Å². The van der Waals surface area contributed by atoms with E-state index in [1.807, 2.05) is 32.0 Å². The summed E-state index contributed by atoms with van der Waals surface area (Å²) in [6, 6.07) is 9.98. The number of carbonyl (C=O) groups excluding carboxylic acids is 2. The monoisotopic (exact) mass is 331 g/mol. The van der Waals surface area contributed by atoms with E-state index in [1.54, 1.807) is 0 Å². The zero-order chi connectivity index (χ0) is 17.5. The number of hydrogen-bond donors (Lipinski definition) is 3. The van der Waals surface area contributed by atoms with Crippen LogP contribution in [0.2, 0.25) is 0 Å². The summed E-state index contributed by atoms with van der Waals surface area (Å²) < 4.78 is 0. The average molecular weight is 331 g/mol. The van der Waals surface area contributed by atoms with Gasteiger partial charge in [0.2, 0.25) is 11.8 Å². The largest absolute Gasteiger partial charge is 0.352 e. The highest BCUT2D eigenvalue weighted by atomic mass is 16.2. The number of hydrogen-bond acceptors (Lipinski definition) is 3. The Morgan fingerprint density at radius 3 is 2.58 bits per heavy atom. The molecule has 0 aromatic heterocycles. The number of nitrogens with two attached hydrogens (primary N) is 1. The highest BCUT2D eigenvalue weighted by Gasteiger charge is 2.28. The van der Waals surface area contributed by atoms with E-state index < -0.39 is 6.04 Å². The van der Waals surface area contributed by atoms with Crippen LogP contribution in [0.25, 0.3) is 0 Å². The molecule has 1 fully saturated rings. The van der Waals surface area contributed by atoms with E-state index in [-0.39, 0.29) is 30.3 Å². The van der Waals surface area contributed by atoms with Gasteiger partial charge in [0.15, 0.2) is 0 Å². The third kappa shape index (κ3) is 5.34. The first-order valence-corrected chi connectivity index (χ1v) is 8.84. The minimum Gasteiger partial charge on any atom is -0.352 e. The fraction of sp³-hybridized carbons (Fsp3) is 0.579. The van der Waals surface area contributed by atoms with E-state index in [2.05, 4.69) is 22.8 Å². The molecule has 132 valence electrons. The van der Waals surface area contributed by atoms with Gasteiger partial charge in [-0.1, -0.05) is 50.6 Å². The lowest BCUT2D eigenvalue weighted by atomic mass is 9.94. The van der Waals surface area contributed by atoms with Gasteiger partial charge in [0.25, 0.3) is 0 Å². The molecule has 3 atom stereocenters. The predicted octanol–water partition coefficient (Wildman–Crippen LogP) is 1.61. The van der Waals surface area contributed by atoms with Crippen molar-refractivity contribution >= 4 is 11.8 Å². The highest BCUT2D eigenvalue weighted by Crippen LogP contribution is 2.28. The zero-order valence-electron chi connectivity index (χ0n) is 14.6. The van der Waals surface area contributed by atoms with Crippen molar-refractivity contribution in [2.24, 2.45) is 17.6 Å². The Bertz CT molecular complexity index is 545. The predicted molar refractivity (Wildman–Crippen MR) is 95.2 cm³/mol. The van der Waals surface area contributed by atoms with Gasteiger partial charge in [-0.15, -0.1) is 0 Å². The molecule has 24 heavy (non-hydrogen) atoms. The molecule has 2 unspecified atom stereocenters. The van der Waals surface area contributed by atoms with Crippen LogP contribution in [0.3, 0.4) is 0 Å². The molecule has 2 amide bonds. The Hall–Kier alpha value is -1.88. The Morgan fingerprint density at radius 2 is 1.92 bits per heavy atom. The Balaban J connectivity index is 1.79. The van der Waals surface area contributed by atoms with E-state index in [4.69, 9.17) is 5.73 Å². The number of benzene rings is 1. The van der Waals surface area contributed by atoms with E-state index in [0.717, 1.165) is 25.7 Å². The second kappa shape index (κ2) is 8.83. The number of amides is 2. The van der Waals surface area contributed by atoms with Crippen molar-refractivity contribution in [2.45, 2.75) is 51.6 Å². The molecular formula is C19H29N3O2. The van der Waals surface area contributed by atoms with E-state index in [0.29, 0.717) is 5.92 Å². The van der Waals surface area contributed by atoms with Crippen molar-refractivity contribution in [1.29, 1.82) is 0 Å². The molecule has 1 saturated carbocycles. The van der Waals surface area contributed by atoms with Gasteiger partial charge in [0, 0.05) is 6.04 Å². The summed E-state index contributed by atoms with van der Waals surface area (Å²) >= 11 is 0. The van der Waals surface area contributed by atoms with Gasteiger partial charge in [0.1, 0.15) is 0 Å². The summed E-state index contributed by atoms with van der Waals surface area (Å²) in [4.78, 5) is 23.9. The van der Waals surface area contributed by atoms with Crippen LogP contribution in [-0.4, -0.2) is 30.4 Å². The summed E-state index contributed by atoms with van der Waals surface area (Å²) in [6.07, 6.45) is 4.25. The van der Waals surface area contributed by atoms with E-state index in [9.17, 15) is 9.59 Å². The molecule has 1 aliphatic rings. The van der Waals surface area contributed by atoms with Crippen LogP contribution >= 0.6 is 0 Å². The van der Waals surface area contributed by atoms with Crippen molar-refractivity contribution in [2.75, 3.05) is 6.54 Å². The molecule has 0 heterocycles. The Morgan fingerprint density at radius 1 is 1.21 bits per heavy atom.